The van der Waals surface area contributed by atoms with Crippen LogP contribution in [0.4, 0.5) is 0 Å². The van der Waals surface area contributed by atoms with E-state index < -0.39 is 0 Å². The molecule has 1 fully saturated rings. The topological polar surface area (TPSA) is 20.3 Å². The van der Waals surface area contributed by atoms with Crippen molar-refractivity contribution in [2.75, 3.05) is 13.1 Å². The van der Waals surface area contributed by atoms with Gasteiger partial charge in [0.05, 0.1) is 0 Å². The van der Waals surface area contributed by atoms with Gasteiger partial charge in [-0.2, -0.15) is 0 Å². The lowest BCUT2D eigenvalue weighted by Gasteiger charge is -2.33. The highest BCUT2D eigenvalue weighted by Crippen LogP contribution is 2.22. The van der Waals surface area contributed by atoms with Gasteiger partial charge >= 0.3 is 0 Å². The third-order valence-corrected chi connectivity index (χ3v) is 2.79. The van der Waals surface area contributed by atoms with Gasteiger partial charge in [-0.05, 0) is 12.8 Å². The second kappa shape index (κ2) is 3.87. The van der Waals surface area contributed by atoms with Crippen molar-refractivity contribution >= 4 is 17.5 Å². The third-order valence-electron chi connectivity index (χ3n) is 2.35. The lowest BCUT2D eigenvalue weighted by molar-refractivity contribution is -0.140. The van der Waals surface area contributed by atoms with E-state index in [-0.39, 0.29) is 16.7 Å². The maximum atomic E-state index is 11.8. The largest absolute Gasteiger partial charge is 0.342 e. The Morgan fingerprint density at radius 2 is 1.77 bits per heavy atom. The van der Waals surface area contributed by atoms with Crippen molar-refractivity contribution in [2.24, 2.45) is 5.41 Å². The van der Waals surface area contributed by atoms with Crippen molar-refractivity contribution in [3.05, 3.63) is 0 Å². The molecule has 0 aliphatic carbocycles. The fourth-order valence-corrected chi connectivity index (χ4v) is 1.72. The van der Waals surface area contributed by atoms with E-state index in [1.165, 1.54) is 0 Å². The van der Waals surface area contributed by atoms with Gasteiger partial charge in [0.1, 0.15) is 0 Å². The van der Waals surface area contributed by atoms with Crippen molar-refractivity contribution in [1.82, 2.24) is 4.90 Å². The zero-order valence-corrected chi connectivity index (χ0v) is 9.40. The molecule has 0 aromatic carbocycles. The van der Waals surface area contributed by atoms with Gasteiger partial charge in [-0.3, -0.25) is 4.79 Å². The van der Waals surface area contributed by atoms with Crippen LogP contribution in [0.15, 0.2) is 0 Å². The number of alkyl halides is 1. The normalized spacial score (nSPS) is 20.5. The van der Waals surface area contributed by atoms with Crippen LogP contribution in [0.25, 0.3) is 0 Å². The van der Waals surface area contributed by atoms with E-state index >= 15 is 0 Å². The molecule has 0 radical (unpaired) electrons. The molecule has 0 aromatic heterocycles. The maximum absolute atomic E-state index is 11.8. The average Bonchev–Trinajstić information content (AvgIpc) is 2.03. The first-order chi connectivity index (χ1) is 5.91. The molecule has 1 rings (SSSR count). The van der Waals surface area contributed by atoms with Crippen molar-refractivity contribution in [1.29, 1.82) is 0 Å². The number of hydrogen-bond acceptors (Lipinski definition) is 1. The quantitative estimate of drug-likeness (QED) is 0.553. The summed E-state index contributed by atoms with van der Waals surface area (Å²) in [7, 11) is 0. The molecule has 0 bridgehead atoms. The summed E-state index contributed by atoms with van der Waals surface area (Å²) in [4.78, 5) is 13.7. The number of carbonyl (C=O) groups is 1. The van der Waals surface area contributed by atoms with Crippen molar-refractivity contribution in [3.63, 3.8) is 0 Å². The van der Waals surface area contributed by atoms with E-state index in [1.807, 2.05) is 25.7 Å². The van der Waals surface area contributed by atoms with Crippen LogP contribution in [0.3, 0.4) is 0 Å². The average molecular weight is 204 g/mol. The molecule has 1 aliphatic heterocycles. The van der Waals surface area contributed by atoms with Crippen molar-refractivity contribution < 1.29 is 4.79 Å². The summed E-state index contributed by atoms with van der Waals surface area (Å²) >= 11 is 5.96. The Hall–Kier alpha value is -0.240. The summed E-state index contributed by atoms with van der Waals surface area (Å²) in [5, 5.41) is 0.268. The number of piperidine rings is 1. The number of hydrogen-bond donors (Lipinski definition) is 0. The summed E-state index contributed by atoms with van der Waals surface area (Å²) in [5.74, 6) is 0.246. The first-order valence-electron chi connectivity index (χ1n) is 4.84. The van der Waals surface area contributed by atoms with Gasteiger partial charge in [-0.25, -0.2) is 0 Å². The lowest BCUT2D eigenvalue weighted by atomic mass is 9.93. The van der Waals surface area contributed by atoms with E-state index in [0.717, 1.165) is 25.9 Å². The van der Waals surface area contributed by atoms with Gasteiger partial charge in [0, 0.05) is 23.9 Å². The Morgan fingerprint density at radius 1 is 1.31 bits per heavy atom. The molecule has 3 heteroatoms. The predicted molar refractivity (Wildman–Crippen MR) is 54.9 cm³/mol. The van der Waals surface area contributed by atoms with Crippen molar-refractivity contribution in [3.8, 4) is 0 Å². The molecule has 0 unspecified atom stereocenters. The molecule has 1 amide bonds. The van der Waals surface area contributed by atoms with Gasteiger partial charge in [0.15, 0.2) is 0 Å². The molecule has 0 saturated carbocycles. The van der Waals surface area contributed by atoms with Gasteiger partial charge in [0.2, 0.25) is 5.91 Å². The molecule has 13 heavy (non-hydrogen) atoms. The van der Waals surface area contributed by atoms with Gasteiger partial charge in [-0.1, -0.05) is 20.8 Å². The Morgan fingerprint density at radius 3 is 2.15 bits per heavy atom. The van der Waals surface area contributed by atoms with Crippen LogP contribution in [0, 0.1) is 5.41 Å². The van der Waals surface area contributed by atoms with Gasteiger partial charge < -0.3 is 4.90 Å². The lowest BCUT2D eigenvalue weighted by Crippen LogP contribution is -2.44. The van der Waals surface area contributed by atoms with Crippen LogP contribution in [0.1, 0.15) is 33.6 Å². The number of likely N-dealkylation sites (tertiary alicyclic amines) is 1. The Kier molecular flexibility index (Phi) is 3.23. The Bertz CT molecular complexity index is 190. The Labute approximate surface area is 85.2 Å². The number of rotatable bonds is 0. The van der Waals surface area contributed by atoms with Gasteiger partial charge in [-0.15, -0.1) is 11.6 Å². The standard InChI is InChI=1S/C10H18ClNO/c1-10(2,3)9(13)12-6-4-8(11)5-7-12/h8H,4-7H2,1-3H3. The highest BCUT2D eigenvalue weighted by atomic mass is 35.5. The van der Waals surface area contributed by atoms with Crippen LogP contribution in [-0.4, -0.2) is 29.3 Å². The molecule has 0 aromatic rings. The predicted octanol–water partition coefficient (Wildman–Crippen LogP) is 2.26. The van der Waals surface area contributed by atoms with Crippen LogP contribution < -0.4 is 0 Å². The number of halogens is 1. The molecule has 1 aliphatic rings. The van der Waals surface area contributed by atoms with Crippen LogP contribution in [0.5, 0.6) is 0 Å². The highest BCUT2D eigenvalue weighted by Gasteiger charge is 2.29. The first-order valence-corrected chi connectivity index (χ1v) is 5.28. The molecule has 1 saturated heterocycles. The number of nitrogens with zero attached hydrogens (tertiary/aromatic N) is 1. The summed E-state index contributed by atoms with van der Waals surface area (Å²) in [6.07, 6.45) is 1.87. The summed E-state index contributed by atoms with van der Waals surface area (Å²) in [6, 6.07) is 0. The molecule has 0 N–H and O–H groups in total. The minimum absolute atomic E-state index is 0.246. The zero-order valence-electron chi connectivity index (χ0n) is 8.64. The van der Waals surface area contributed by atoms with Crippen LogP contribution in [-0.2, 0) is 4.79 Å². The van der Waals surface area contributed by atoms with E-state index in [2.05, 4.69) is 0 Å². The maximum Gasteiger partial charge on any atom is 0.227 e. The second-order valence-electron chi connectivity index (χ2n) is 4.72. The molecule has 76 valence electrons. The molecular weight excluding hydrogens is 186 g/mol. The minimum Gasteiger partial charge on any atom is -0.342 e. The van der Waals surface area contributed by atoms with Gasteiger partial charge in [0.25, 0.3) is 0 Å². The molecule has 0 atom stereocenters. The van der Waals surface area contributed by atoms with Crippen LogP contribution in [0.2, 0.25) is 0 Å². The number of amides is 1. The third kappa shape index (κ3) is 2.87. The second-order valence-corrected chi connectivity index (χ2v) is 5.33. The summed E-state index contributed by atoms with van der Waals surface area (Å²) in [5.41, 5.74) is -0.251. The summed E-state index contributed by atoms with van der Waals surface area (Å²) < 4.78 is 0. The minimum atomic E-state index is -0.251. The molecule has 2 nitrogen and oxygen atoms in total. The smallest absolute Gasteiger partial charge is 0.227 e. The SMILES string of the molecule is CC(C)(C)C(=O)N1CCC(Cl)CC1. The van der Waals surface area contributed by atoms with Crippen molar-refractivity contribution in [2.45, 2.75) is 39.0 Å². The van der Waals surface area contributed by atoms with E-state index in [4.69, 9.17) is 11.6 Å². The fraction of sp³-hybridized carbons (Fsp3) is 0.900. The van der Waals surface area contributed by atoms with E-state index in [0.29, 0.717) is 0 Å². The highest BCUT2D eigenvalue weighted by molar-refractivity contribution is 6.20. The molecular formula is C10H18ClNO. The monoisotopic (exact) mass is 203 g/mol. The van der Waals surface area contributed by atoms with Crippen LogP contribution >= 0.6 is 11.6 Å². The first kappa shape index (κ1) is 10.8. The fourth-order valence-electron chi connectivity index (χ4n) is 1.53. The molecule has 0 spiro atoms. The Balaban J connectivity index is 2.50. The van der Waals surface area contributed by atoms with E-state index in [1.54, 1.807) is 0 Å². The number of carbonyl (C=O) groups excluding carboxylic acids is 1. The summed E-state index contributed by atoms with van der Waals surface area (Å²) in [6.45, 7) is 7.53. The molecule has 1 heterocycles. The zero-order chi connectivity index (χ0) is 10.1. The van der Waals surface area contributed by atoms with E-state index in [9.17, 15) is 4.79 Å².